The Kier molecular flexibility index (Phi) is 7.62. The van der Waals surface area contributed by atoms with E-state index in [0.29, 0.717) is 22.9 Å². The molecule has 0 fully saturated rings. The Hall–Kier alpha value is -3.38. The second-order valence-electron chi connectivity index (χ2n) is 7.47. The maximum Gasteiger partial charge on any atom is 0.321 e. The number of anilines is 2. The van der Waals surface area contributed by atoms with Crippen LogP contribution in [-0.2, 0) is 21.4 Å². The van der Waals surface area contributed by atoms with Gasteiger partial charge in [0.15, 0.2) is 5.82 Å². The average Bonchev–Trinajstić information content (AvgIpc) is 3.05. The van der Waals surface area contributed by atoms with Crippen LogP contribution in [0.5, 0.6) is 11.9 Å². The Morgan fingerprint density at radius 1 is 1.15 bits per heavy atom. The predicted molar refractivity (Wildman–Crippen MR) is 127 cm³/mol. The van der Waals surface area contributed by atoms with E-state index in [9.17, 15) is 13.2 Å². The molecule has 11 nitrogen and oxygen atoms in total. The van der Waals surface area contributed by atoms with Gasteiger partial charge in [-0.2, -0.15) is 15.1 Å². The summed E-state index contributed by atoms with van der Waals surface area (Å²) in [5.41, 5.74) is 1.95. The zero-order valence-corrected chi connectivity index (χ0v) is 20.9. The number of sulfonamides is 1. The molecule has 182 valence electrons. The van der Waals surface area contributed by atoms with E-state index in [2.05, 4.69) is 25.1 Å². The van der Waals surface area contributed by atoms with Crippen molar-refractivity contribution in [2.24, 2.45) is 5.92 Å². The third-order valence-electron chi connectivity index (χ3n) is 4.93. The molecule has 13 heteroatoms. The number of hydrogen-bond donors (Lipinski definition) is 2. The van der Waals surface area contributed by atoms with Gasteiger partial charge in [-0.05, 0) is 38.1 Å². The van der Waals surface area contributed by atoms with Gasteiger partial charge in [-0.25, -0.2) is 8.42 Å². The number of nitrogens with one attached hydrogen (secondary N) is 2. The highest BCUT2D eigenvalue weighted by Crippen LogP contribution is 2.23. The number of aryl methyl sites for hydroxylation is 1. The van der Waals surface area contributed by atoms with E-state index in [1.165, 1.54) is 44.6 Å². The summed E-state index contributed by atoms with van der Waals surface area (Å²) in [6.45, 7) is 5.77. The van der Waals surface area contributed by atoms with E-state index < -0.39 is 15.9 Å². The summed E-state index contributed by atoms with van der Waals surface area (Å²) < 4.78 is 39.5. The third kappa shape index (κ3) is 5.75. The molecule has 0 bridgehead atoms. The Bertz CT molecular complexity index is 1270. The Morgan fingerprint density at radius 2 is 1.82 bits per heavy atom. The van der Waals surface area contributed by atoms with Gasteiger partial charge in [-0.3, -0.25) is 14.2 Å². The topological polar surface area (TPSA) is 137 Å². The minimum absolute atomic E-state index is 0.0147. The number of halogens is 1. The molecular formula is C21H25ClN6O5S. The van der Waals surface area contributed by atoms with E-state index in [1.807, 2.05) is 6.92 Å². The Morgan fingerprint density at radius 3 is 2.38 bits per heavy atom. The molecule has 1 amide bonds. The molecule has 1 unspecified atom stereocenters. The third-order valence-corrected chi connectivity index (χ3v) is 6.85. The van der Waals surface area contributed by atoms with Crippen molar-refractivity contribution in [1.82, 2.24) is 19.7 Å². The van der Waals surface area contributed by atoms with Gasteiger partial charge in [0, 0.05) is 11.8 Å². The Balaban J connectivity index is 1.68. The fraction of sp³-hybridized carbons (Fsp3) is 0.333. The van der Waals surface area contributed by atoms with Gasteiger partial charge in [0.2, 0.25) is 11.8 Å². The highest BCUT2D eigenvalue weighted by molar-refractivity contribution is 7.92. The molecule has 0 radical (unpaired) electrons. The van der Waals surface area contributed by atoms with Crippen LogP contribution in [0.1, 0.15) is 18.3 Å². The van der Waals surface area contributed by atoms with Crippen molar-refractivity contribution >= 4 is 39.0 Å². The van der Waals surface area contributed by atoms with Crippen LogP contribution in [0.15, 0.2) is 35.2 Å². The van der Waals surface area contributed by atoms with Crippen molar-refractivity contribution in [1.29, 1.82) is 0 Å². The quantitative estimate of drug-likeness (QED) is 0.450. The molecule has 0 spiro atoms. The molecule has 0 aliphatic rings. The van der Waals surface area contributed by atoms with Gasteiger partial charge >= 0.3 is 6.01 Å². The zero-order valence-electron chi connectivity index (χ0n) is 19.3. The van der Waals surface area contributed by atoms with Gasteiger partial charge in [0.05, 0.1) is 48.0 Å². The van der Waals surface area contributed by atoms with Crippen molar-refractivity contribution in [3.8, 4) is 11.9 Å². The second kappa shape index (κ2) is 10.3. The van der Waals surface area contributed by atoms with Crippen LogP contribution < -0.4 is 19.5 Å². The molecule has 3 aromatic rings. The first-order valence-electron chi connectivity index (χ1n) is 10.1. The summed E-state index contributed by atoms with van der Waals surface area (Å²) in [7, 11) is -1.22. The Labute approximate surface area is 202 Å². The summed E-state index contributed by atoms with van der Waals surface area (Å²) in [4.78, 5) is 20.5. The van der Waals surface area contributed by atoms with Crippen molar-refractivity contribution < 1.29 is 22.7 Å². The number of carbonyl (C=O) groups is 1. The van der Waals surface area contributed by atoms with E-state index in [-0.39, 0.29) is 28.5 Å². The number of carbonyl (C=O) groups excluding carboxylic acids is 1. The van der Waals surface area contributed by atoms with Crippen LogP contribution in [-0.4, -0.2) is 48.3 Å². The number of nitrogens with zero attached hydrogens (tertiary/aromatic N) is 4. The number of hydrogen-bond acceptors (Lipinski definition) is 8. The summed E-state index contributed by atoms with van der Waals surface area (Å²) in [6.07, 6.45) is 0. The lowest BCUT2D eigenvalue weighted by Gasteiger charge is -2.14. The van der Waals surface area contributed by atoms with Crippen molar-refractivity contribution in [2.45, 2.75) is 32.2 Å². The number of ether oxygens (including phenoxy) is 2. The van der Waals surface area contributed by atoms with Crippen molar-refractivity contribution in [2.75, 3.05) is 24.3 Å². The molecule has 2 aromatic heterocycles. The molecule has 0 aliphatic carbocycles. The molecule has 34 heavy (non-hydrogen) atoms. The zero-order chi connectivity index (χ0) is 25.0. The number of aromatic nitrogens is 4. The lowest BCUT2D eigenvalue weighted by molar-refractivity contribution is -0.119. The first-order valence-corrected chi connectivity index (χ1v) is 12.0. The summed E-state index contributed by atoms with van der Waals surface area (Å²) in [5.74, 6) is -0.516. The van der Waals surface area contributed by atoms with E-state index in [4.69, 9.17) is 21.1 Å². The highest BCUT2D eigenvalue weighted by Gasteiger charge is 2.19. The fourth-order valence-electron chi connectivity index (χ4n) is 3.03. The molecule has 1 atom stereocenters. The largest absolute Gasteiger partial charge is 0.481 e. The fourth-order valence-corrected chi connectivity index (χ4v) is 4.15. The van der Waals surface area contributed by atoms with Gasteiger partial charge in [-0.15, -0.1) is 0 Å². The van der Waals surface area contributed by atoms with Gasteiger partial charge in [0.25, 0.3) is 10.0 Å². The summed E-state index contributed by atoms with van der Waals surface area (Å²) in [6, 6.07) is 7.03. The molecular weight excluding hydrogens is 484 g/mol. The van der Waals surface area contributed by atoms with Gasteiger partial charge < -0.3 is 14.8 Å². The van der Waals surface area contributed by atoms with E-state index in [0.717, 1.165) is 5.69 Å². The lowest BCUT2D eigenvalue weighted by Crippen LogP contribution is -2.25. The van der Waals surface area contributed by atoms with Crippen LogP contribution in [0.2, 0.25) is 5.02 Å². The van der Waals surface area contributed by atoms with Crippen molar-refractivity contribution in [3.63, 3.8) is 0 Å². The number of methoxy groups -OCH3 is 2. The maximum absolute atomic E-state index is 12.7. The highest BCUT2D eigenvalue weighted by atomic mass is 35.5. The smallest absolute Gasteiger partial charge is 0.321 e. The summed E-state index contributed by atoms with van der Waals surface area (Å²) >= 11 is 6.17. The first-order chi connectivity index (χ1) is 16.0. The molecule has 0 aliphatic heterocycles. The van der Waals surface area contributed by atoms with Crippen LogP contribution >= 0.6 is 11.6 Å². The molecule has 1 aromatic carbocycles. The van der Waals surface area contributed by atoms with Crippen LogP contribution in [0.4, 0.5) is 11.5 Å². The molecule has 3 rings (SSSR count). The van der Waals surface area contributed by atoms with Gasteiger partial charge in [-0.1, -0.05) is 18.5 Å². The number of amides is 1. The first kappa shape index (κ1) is 25.2. The lowest BCUT2D eigenvalue weighted by atomic mass is 10.1. The van der Waals surface area contributed by atoms with E-state index >= 15 is 0 Å². The maximum atomic E-state index is 12.7. The second-order valence-corrected chi connectivity index (χ2v) is 9.53. The molecule has 0 saturated heterocycles. The minimum atomic E-state index is -3.96. The van der Waals surface area contributed by atoms with E-state index in [1.54, 1.807) is 18.5 Å². The minimum Gasteiger partial charge on any atom is -0.481 e. The molecule has 0 saturated carbocycles. The molecule has 2 heterocycles. The van der Waals surface area contributed by atoms with Crippen LogP contribution in [0.25, 0.3) is 0 Å². The van der Waals surface area contributed by atoms with Crippen LogP contribution in [0, 0.1) is 19.8 Å². The van der Waals surface area contributed by atoms with Crippen LogP contribution in [0.3, 0.4) is 0 Å². The average molecular weight is 509 g/mol. The number of benzene rings is 1. The predicted octanol–water partition coefficient (Wildman–Crippen LogP) is 3.04. The number of rotatable bonds is 9. The van der Waals surface area contributed by atoms with Gasteiger partial charge in [0.1, 0.15) is 0 Å². The normalized spacial score (nSPS) is 12.2. The monoisotopic (exact) mass is 508 g/mol. The van der Waals surface area contributed by atoms with Crippen molar-refractivity contribution in [3.05, 3.63) is 46.7 Å². The SMILES string of the molecule is COc1cc(NS(=O)(=O)c2ccc(NC(=O)C(C)Cn3nc(C)c(Cl)c3C)cc2)nc(OC)n1. The molecule has 2 N–H and O–H groups in total. The summed E-state index contributed by atoms with van der Waals surface area (Å²) in [5, 5.41) is 7.70. The standard InChI is InChI=1S/C21H25ClN6O5S/c1-12(11-28-14(3)19(22)13(2)26-28)20(29)23-15-6-8-16(9-7-15)34(30,31)27-17-10-18(32-4)25-21(24-17)33-5/h6-10,12H,11H2,1-5H3,(H,23,29)(H,24,25,27).